The molecule has 1 unspecified atom stereocenters. The topological polar surface area (TPSA) is 59.8 Å². The van der Waals surface area contributed by atoms with Crippen molar-refractivity contribution < 1.29 is 4.79 Å². The van der Waals surface area contributed by atoms with Gasteiger partial charge in [0.05, 0.1) is 6.04 Å². The molecule has 1 heterocycles. The summed E-state index contributed by atoms with van der Waals surface area (Å²) in [5.41, 5.74) is 2.07. The van der Waals surface area contributed by atoms with Crippen LogP contribution in [0.3, 0.4) is 0 Å². The van der Waals surface area contributed by atoms with Crippen molar-refractivity contribution in [3.05, 3.63) is 72.1 Å². The number of aryl methyl sites for hydroxylation is 1. The summed E-state index contributed by atoms with van der Waals surface area (Å²) in [4.78, 5) is 17.3. The highest BCUT2D eigenvalue weighted by Crippen LogP contribution is 2.21. The first kappa shape index (κ1) is 18.8. The van der Waals surface area contributed by atoms with Crippen LogP contribution in [0.1, 0.15) is 37.7 Å². The predicted octanol–water partition coefficient (Wildman–Crippen LogP) is 4.16. The molecule has 5 heteroatoms. The minimum absolute atomic E-state index is 0.0107. The molecular formula is C22H26N4O. The SMILES string of the molecule is Cc1nc(-c2ccccc2)n(CC(=O)NC(CC(C)C)c2ccccc2)n1. The van der Waals surface area contributed by atoms with E-state index in [1.807, 2.05) is 55.5 Å². The van der Waals surface area contributed by atoms with Crippen molar-refractivity contribution in [1.82, 2.24) is 20.1 Å². The van der Waals surface area contributed by atoms with Gasteiger partial charge in [0, 0.05) is 5.56 Å². The lowest BCUT2D eigenvalue weighted by Gasteiger charge is -2.21. The van der Waals surface area contributed by atoms with Crippen LogP contribution in [-0.2, 0) is 11.3 Å². The first-order chi connectivity index (χ1) is 13.0. The van der Waals surface area contributed by atoms with E-state index in [2.05, 4.69) is 41.4 Å². The first-order valence-corrected chi connectivity index (χ1v) is 9.34. The minimum atomic E-state index is -0.0633. The van der Waals surface area contributed by atoms with Crippen molar-refractivity contribution in [1.29, 1.82) is 0 Å². The number of rotatable bonds is 7. The van der Waals surface area contributed by atoms with E-state index in [0.29, 0.717) is 17.6 Å². The lowest BCUT2D eigenvalue weighted by Crippen LogP contribution is -2.32. The quantitative estimate of drug-likeness (QED) is 0.687. The zero-order valence-corrected chi connectivity index (χ0v) is 16.1. The van der Waals surface area contributed by atoms with Crippen LogP contribution in [-0.4, -0.2) is 20.7 Å². The van der Waals surface area contributed by atoms with Gasteiger partial charge in [-0.3, -0.25) is 4.79 Å². The molecule has 0 fully saturated rings. The molecule has 0 aliphatic rings. The van der Waals surface area contributed by atoms with Crippen molar-refractivity contribution in [2.75, 3.05) is 0 Å². The smallest absolute Gasteiger partial charge is 0.242 e. The van der Waals surface area contributed by atoms with Crippen molar-refractivity contribution in [3.8, 4) is 11.4 Å². The number of benzene rings is 2. The van der Waals surface area contributed by atoms with Crippen LogP contribution in [0, 0.1) is 12.8 Å². The number of aromatic nitrogens is 3. The Morgan fingerprint density at radius 2 is 1.67 bits per heavy atom. The Kier molecular flexibility index (Phi) is 6.01. The Balaban J connectivity index is 1.77. The summed E-state index contributed by atoms with van der Waals surface area (Å²) >= 11 is 0. The van der Waals surface area contributed by atoms with Gasteiger partial charge in [-0.05, 0) is 24.8 Å². The second-order valence-corrected chi connectivity index (χ2v) is 7.17. The van der Waals surface area contributed by atoms with Crippen molar-refractivity contribution >= 4 is 5.91 Å². The van der Waals surface area contributed by atoms with Gasteiger partial charge in [0.2, 0.25) is 5.91 Å². The van der Waals surface area contributed by atoms with Crippen molar-refractivity contribution in [2.45, 2.75) is 39.8 Å². The molecule has 1 amide bonds. The number of carbonyl (C=O) groups is 1. The molecule has 3 aromatic rings. The zero-order valence-electron chi connectivity index (χ0n) is 16.1. The number of hydrogen-bond donors (Lipinski definition) is 1. The van der Waals surface area contributed by atoms with E-state index in [4.69, 9.17) is 0 Å². The average molecular weight is 362 g/mol. The molecule has 0 radical (unpaired) electrons. The highest BCUT2D eigenvalue weighted by Gasteiger charge is 2.18. The van der Waals surface area contributed by atoms with Gasteiger partial charge in [-0.1, -0.05) is 74.5 Å². The largest absolute Gasteiger partial charge is 0.348 e. The molecule has 27 heavy (non-hydrogen) atoms. The van der Waals surface area contributed by atoms with E-state index in [-0.39, 0.29) is 18.5 Å². The van der Waals surface area contributed by atoms with E-state index in [1.54, 1.807) is 4.68 Å². The van der Waals surface area contributed by atoms with Gasteiger partial charge in [0.25, 0.3) is 0 Å². The minimum Gasteiger partial charge on any atom is -0.348 e. The molecular weight excluding hydrogens is 336 g/mol. The molecule has 0 spiro atoms. The fraction of sp³-hybridized carbons (Fsp3) is 0.318. The molecule has 0 aliphatic heterocycles. The first-order valence-electron chi connectivity index (χ1n) is 9.34. The third-order valence-corrected chi connectivity index (χ3v) is 4.35. The molecule has 0 saturated heterocycles. The second kappa shape index (κ2) is 8.62. The molecule has 0 saturated carbocycles. The summed E-state index contributed by atoms with van der Waals surface area (Å²) in [5.74, 6) is 1.78. The van der Waals surface area contributed by atoms with Crippen LogP contribution in [0.2, 0.25) is 0 Å². The lowest BCUT2D eigenvalue weighted by atomic mass is 9.97. The van der Waals surface area contributed by atoms with Crippen LogP contribution in [0.5, 0.6) is 0 Å². The summed E-state index contributed by atoms with van der Waals surface area (Å²) in [6.07, 6.45) is 0.887. The fourth-order valence-electron chi connectivity index (χ4n) is 3.18. The Labute approximate surface area is 160 Å². The third-order valence-electron chi connectivity index (χ3n) is 4.35. The normalized spacial score (nSPS) is 12.1. The highest BCUT2D eigenvalue weighted by atomic mass is 16.2. The monoisotopic (exact) mass is 362 g/mol. The van der Waals surface area contributed by atoms with Gasteiger partial charge in [-0.15, -0.1) is 0 Å². The molecule has 140 valence electrons. The lowest BCUT2D eigenvalue weighted by molar-refractivity contribution is -0.122. The maximum atomic E-state index is 12.8. The molecule has 1 N–H and O–H groups in total. The van der Waals surface area contributed by atoms with Gasteiger partial charge < -0.3 is 5.32 Å². The molecule has 0 bridgehead atoms. The van der Waals surface area contributed by atoms with Crippen LogP contribution < -0.4 is 5.32 Å². The van der Waals surface area contributed by atoms with Gasteiger partial charge in [0.1, 0.15) is 12.4 Å². The Bertz CT molecular complexity index is 872. The van der Waals surface area contributed by atoms with E-state index >= 15 is 0 Å². The van der Waals surface area contributed by atoms with Crippen LogP contribution in [0.15, 0.2) is 60.7 Å². The van der Waals surface area contributed by atoms with Crippen LogP contribution in [0.4, 0.5) is 0 Å². The number of amides is 1. The van der Waals surface area contributed by atoms with E-state index in [1.165, 1.54) is 0 Å². The average Bonchev–Trinajstić information content (AvgIpc) is 3.02. The van der Waals surface area contributed by atoms with Crippen molar-refractivity contribution in [3.63, 3.8) is 0 Å². The maximum Gasteiger partial charge on any atom is 0.242 e. The van der Waals surface area contributed by atoms with E-state index in [9.17, 15) is 4.79 Å². The van der Waals surface area contributed by atoms with Crippen LogP contribution in [0.25, 0.3) is 11.4 Å². The van der Waals surface area contributed by atoms with E-state index in [0.717, 1.165) is 17.5 Å². The molecule has 1 aromatic heterocycles. The summed E-state index contributed by atoms with van der Waals surface area (Å²) < 4.78 is 1.68. The highest BCUT2D eigenvalue weighted by molar-refractivity contribution is 5.77. The number of nitrogens with one attached hydrogen (secondary N) is 1. The van der Waals surface area contributed by atoms with Gasteiger partial charge in [-0.25, -0.2) is 9.67 Å². The van der Waals surface area contributed by atoms with Crippen molar-refractivity contribution in [2.24, 2.45) is 5.92 Å². The van der Waals surface area contributed by atoms with E-state index < -0.39 is 0 Å². The molecule has 5 nitrogen and oxygen atoms in total. The Morgan fingerprint density at radius 1 is 1.04 bits per heavy atom. The maximum absolute atomic E-state index is 12.8. The van der Waals surface area contributed by atoms with Gasteiger partial charge >= 0.3 is 0 Å². The Hall–Kier alpha value is -2.95. The van der Waals surface area contributed by atoms with Crippen LogP contribution >= 0.6 is 0 Å². The second-order valence-electron chi connectivity index (χ2n) is 7.17. The number of hydrogen-bond acceptors (Lipinski definition) is 3. The summed E-state index contributed by atoms with van der Waals surface area (Å²) in [6.45, 7) is 6.31. The standard InChI is InChI=1S/C22H26N4O/c1-16(2)14-20(18-10-6-4-7-11-18)24-21(27)15-26-22(23-17(3)25-26)19-12-8-5-9-13-19/h4-13,16,20H,14-15H2,1-3H3,(H,24,27). The molecule has 3 rings (SSSR count). The number of carbonyl (C=O) groups excluding carboxylic acids is 1. The zero-order chi connectivity index (χ0) is 19.2. The fourth-order valence-corrected chi connectivity index (χ4v) is 3.18. The third kappa shape index (κ3) is 5.03. The number of nitrogens with zero attached hydrogens (tertiary/aromatic N) is 3. The Morgan fingerprint density at radius 3 is 2.30 bits per heavy atom. The molecule has 1 atom stereocenters. The summed E-state index contributed by atoms with van der Waals surface area (Å²) in [5, 5.41) is 7.59. The van der Waals surface area contributed by atoms with Gasteiger partial charge in [0.15, 0.2) is 5.82 Å². The molecule has 0 aliphatic carbocycles. The summed E-state index contributed by atoms with van der Waals surface area (Å²) in [6, 6.07) is 19.9. The summed E-state index contributed by atoms with van der Waals surface area (Å²) in [7, 11) is 0. The van der Waals surface area contributed by atoms with Gasteiger partial charge in [-0.2, -0.15) is 5.10 Å². The predicted molar refractivity (Wildman–Crippen MR) is 107 cm³/mol. The molecule has 2 aromatic carbocycles.